The molecule has 0 heterocycles. The van der Waals surface area contributed by atoms with Gasteiger partial charge in [0.25, 0.3) is 0 Å². The maximum atomic E-state index is 12.5. The van der Waals surface area contributed by atoms with Crippen LogP contribution in [0.25, 0.3) is 0 Å². The van der Waals surface area contributed by atoms with E-state index in [4.69, 9.17) is 14.2 Å². The zero-order valence-electron chi connectivity index (χ0n) is 18.3. The number of carbonyl (C=O) groups excluding carboxylic acids is 5. The van der Waals surface area contributed by atoms with Crippen molar-refractivity contribution in [3.05, 3.63) is 37.0 Å². The number of hydrogen-bond acceptors (Lipinski definition) is 8. The minimum absolute atomic E-state index is 0.00297. The van der Waals surface area contributed by atoms with E-state index in [-0.39, 0.29) is 43.2 Å². The van der Waals surface area contributed by atoms with E-state index in [9.17, 15) is 24.0 Å². The standard InChI is InChI=1S/C23H30O8/c1-5-17(24)11-9-15-23(21(27)30-3,22(28)31-4)14-8-6-7-10-16-12-13-18(25)19(16)20(26)29-2/h5-8,10,16,19H,1,9,11-15H2,2-4H3/b8-6+,10-7+/t16-,19?/m0/s1. The first-order chi connectivity index (χ1) is 14.8. The van der Waals surface area contributed by atoms with Crippen LogP contribution in [0.15, 0.2) is 37.0 Å². The molecule has 31 heavy (non-hydrogen) atoms. The van der Waals surface area contributed by atoms with Crippen molar-refractivity contribution in [2.75, 3.05) is 21.3 Å². The lowest BCUT2D eigenvalue weighted by molar-refractivity contribution is -0.170. The van der Waals surface area contributed by atoms with Crippen molar-refractivity contribution in [3.8, 4) is 0 Å². The van der Waals surface area contributed by atoms with Crippen LogP contribution in [0.5, 0.6) is 0 Å². The van der Waals surface area contributed by atoms with Crippen LogP contribution in [0.4, 0.5) is 0 Å². The summed E-state index contributed by atoms with van der Waals surface area (Å²) < 4.78 is 14.4. The van der Waals surface area contributed by atoms with Crippen LogP contribution in [0, 0.1) is 17.3 Å². The van der Waals surface area contributed by atoms with Crippen LogP contribution in [0.1, 0.15) is 38.5 Å². The first-order valence-corrected chi connectivity index (χ1v) is 10.0. The Morgan fingerprint density at radius 2 is 1.71 bits per heavy atom. The number of Topliss-reactive ketones (excluding diaryl/α,β-unsaturated/α-hetero) is 1. The molecule has 8 nitrogen and oxygen atoms in total. The molecule has 1 aliphatic carbocycles. The minimum Gasteiger partial charge on any atom is -0.468 e. The number of ketones is 2. The van der Waals surface area contributed by atoms with Gasteiger partial charge in [0.2, 0.25) is 0 Å². The first-order valence-electron chi connectivity index (χ1n) is 10.0. The minimum atomic E-state index is -1.58. The van der Waals surface area contributed by atoms with Crippen LogP contribution in [-0.2, 0) is 38.2 Å². The van der Waals surface area contributed by atoms with Crippen molar-refractivity contribution in [2.24, 2.45) is 17.3 Å². The van der Waals surface area contributed by atoms with Gasteiger partial charge in [-0.25, -0.2) is 0 Å². The van der Waals surface area contributed by atoms with Gasteiger partial charge in [0, 0.05) is 12.8 Å². The monoisotopic (exact) mass is 434 g/mol. The molecular formula is C23H30O8. The van der Waals surface area contributed by atoms with Gasteiger partial charge in [-0.1, -0.05) is 30.9 Å². The van der Waals surface area contributed by atoms with Crippen molar-refractivity contribution in [1.82, 2.24) is 0 Å². The quantitative estimate of drug-likeness (QED) is 0.151. The third-order valence-electron chi connectivity index (χ3n) is 5.43. The zero-order chi connectivity index (χ0) is 23.4. The normalized spacial score (nSPS) is 18.9. The van der Waals surface area contributed by atoms with Crippen LogP contribution in [0.3, 0.4) is 0 Å². The van der Waals surface area contributed by atoms with E-state index in [0.29, 0.717) is 12.8 Å². The van der Waals surface area contributed by atoms with E-state index < -0.39 is 29.2 Å². The number of ether oxygens (including phenoxy) is 3. The van der Waals surface area contributed by atoms with Gasteiger partial charge in [0.15, 0.2) is 11.2 Å². The average Bonchev–Trinajstić information content (AvgIpc) is 3.15. The Kier molecular flexibility index (Phi) is 10.6. The molecule has 0 aromatic carbocycles. The lowest BCUT2D eigenvalue weighted by atomic mass is 9.79. The molecule has 1 unspecified atom stereocenters. The van der Waals surface area contributed by atoms with E-state index >= 15 is 0 Å². The molecule has 0 saturated heterocycles. The van der Waals surface area contributed by atoms with Gasteiger partial charge < -0.3 is 14.2 Å². The summed E-state index contributed by atoms with van der Waals surface area (Å²) in [6, 6.07) is 0. The molecule has 0 amide bonds. The van der Waals surface area contributed by atoms with E-state index in [0.717, 1.165) is 0 Å². The Labute approximate surface area is 182 Å². The number of carbonyl (C=O) groups is 5. The number of allylic oxidation sites excluding steroid dienone is 5. The fraction of sp³-hybridized carbons (Fsp3) is 0.522. The zero-order valence-corrected chi connectivity index (χ0v) is 18.3. The van der Waals surface area contributed by atoms with Crippen molar-refractivity contribution in [1.29, 1.82) is 0 Å². The molecule has 8 heteroatoms. The Balaban J connectivity index is 2.93. The third-order valence-corrected chi connectivity index (χ3v) is 5.43. The molecule has 0 bridgehead atoms. The molecule has 1 fully saturated rings. The van der Waals surface area contributed by atoms with E-state index in [1.54, 1.807) is 24.3 Å². The van der Waals surface area contributed by atoms with Gasteiger partial charge in [0.05, 0.1) is 21.3 Å². The summed E-state index contributed by atoms with van der Waals surface area (Å²) in [6.07, 6.45) is 9.21. The van der Waals surface area contributed by atoms with Crippen LogP contribution in [-0.4, -0.2) is 50.8 Å². The van der Waals surface area contributed by atoms with Crippen molar-refractivity contribution >= 4 is 29.5 Å². The summed E-state index contributed by atoms with van der Waals surface area (Å²) in [7, 11) is 3.61. The summed E-state index contributed by atoms with van der Waals surface area (Å²) in [5.41, 5.74) is -1.58. The van der Waals surface area contributed by atoms with Gasteiger partial charge in [0.1, 0.15) is 11.7 Å². The molecule has 0 spiro atoms. The Hall–Kier alpha value is -3.03. The van der Waals surface area contributed by atoms with E-state index in [1.807, 2.05) is 0 Å². The number of esters is 3. The SMILES string of the molecule is C=CC(=O)CCCC(C/C=C/C=C/[C@H]1CCC(=O)C1C(=O)OC)(C(=O)OC)C(=O)OC. The molecule has 2 atom stereocenters. The third kappa shape index (κ3) is 6.73. The van der Waals surface area contributed by atoms with E-state index in [1.165, 1.54) is 27.4 Å². The molecule has 0 aliphatic heterocycles. The molecule has 1 aliphatic rings. The molecule has 0 aromatic heterocycles. The molecule has 0 radical (unpaired) electrons. The fourth-order valence-corrected chi connectivity index (χ4v) is 3.68. The Morgan fingerprint density at radius 1 is 1.06 bits per heavy atom. The van der Waals surface area contributed by atoms with Gasteiger partial charge in [-0.15, -0.1) is 0 Å². The van der Waals surface area contributed by atoms with Crippen LogP contribution < -0.4 is 0 Å². The van der Waals surface area contributed by atoms with E-state index in [2.05, 4.69) is 6.58 Å². The second-order valence-electron chi connectivity index (χ2n) is 7.28. The van der Waals surface area contributed by atoms with Crippen LogP contribution in [0.2, 0.25) is 0 Å². The number of methoxy groups -OCH3 is 3. The highest BCUT2D eigenvalue weighted by atomic mass is 16.5. The lowest BCUT2D eigenvalue weighted by Gasteiger charge is -2.26. The Morgan fingerprint density at radius 3 is 2.26 bits per heavy atom. The topological polar surface area (TPSA) is 113 Å². The smallest absolute Gasteiger partial charge is 0.323 e. The number of rotatable bonds is 12. The highest BCUT2D eigenvalue weighted by Crippen LogP contribution is 2.34. The van der Waals surface area contributed by atoms with Gasteiger partial charge in [-0.3, -0.25) is 24.0 Å². The molecule has 0 N–H and O–H groups in total. The first kappa shape index (κ1) is 26.0. The predicted molar refractivity (Wildman–Crippen MR) is 112 cm³/mol. The summed E-state index contributed by atoms with van der Waals surface area (Å²) >= 11 is 0. The largest absolute Gasteiger partial charge is 0.468 e. The second kappa shape index (κ2) is 12.6. The molecule has 170 valence electrons. The molecule has 1 saturated carbocycles. The summed E-state index contributed by atoms with van der Waals surface area (Å²) in [4.78, 5) is 60.2. The highest BCUT2D eigenvalue weighted by molar-refractivity contribution is 6.01. The average molecular weight is 434 g/mol. The van der Waals surface area contributed by atoms with Gasteiger partial charge in [-0.05, 0) is 37.7 Å². The van der Waals surface area contributed by atoms with Crippen LogP contribution >= 0.6 is 0 Å². The summed E-state index contributed by atoms with van der Waals surface area (Å²) in [5.74, 6) is -3.44. The second-order valence-corrected chi connectivity index (χ2v) is 7.28. The van der Waals surface area contributed by atoms with Gasteiger partial charge in [-0.2, -0.15) is 0 Å². The lowest BCUT2D eigenvalue weighted by Crippen LogP contribution is -2.41. The fourth-order valence-electron chi connectivity index (χ4n) is 3.68. The maximum absolute atomic E-state index is 12.5. The van der Waals surface area contributed by atoms with Crippen molar-refractivity contribution in [2.45, 2.75) is 38.5 Å². The Bertz CT molecular complexity index is 746. The highest BCUT2D eigenvalue weighted by Gasteiger charge is 2.47. The van der Waals surface area contributed by atoms with Crippen molar-refractivity contribution < 1.29 is 38.2 Å². The summed E-state index contributed by atoms with van der Waals surface area (Å²) in [6.45, 7) is 3.41. The number of hydrogen-bond donors (Lipinski definition) is 0. The van der Waals surface area contributed by atoms with Gasteiger partial charge >= 0.3 is 17.9 Å². The molecule has 0 aromatic rings. The van der Waals surface area contributed by atoms with Crippen molar-refractivity contribution in [3.63, 3.8) is 0 Å². The maximum Gasteiger partial charge on any atom is 0.323 e. The molecular weight excluding hydrogens is 404 g/mol. The predicted octanol–water partition coefficient (Wildman–Crippen LogP) is 2.52. The molecule has 1 rings (SSSR count). The summed E-state index contributed by atoms with van der Waals surface area (Å²) in [5, 5.41) is 0.